The van der Waals surface area contributed by atoms with E-state index in [1.54, 1.807) is 28.5 Å². The van der Waals surface area contributed by atoms with E-state index in [1.807, 2.05) is 30.3 Å². The van der Waals surface area contributed by atoms with Gasteiger partial charge in [0.1, 0.15) is 4.21 Å². The van der Waals surface area contributed by atoms with E-state index in [2.05, 4.69) is 16.2 Å². The van der Waals surface area contributed by atoms with Crippen LogP contribution < -0.4 is 9.62 Å². The summed E-state index contributed by atoms with van der Waals surface area (Å²) in [5.74, 6) is 0.0173. The lowest BCUT2D eigenvalue weighted by Crippen LogP contribution is -2.48. The number of carbonyl (C=O) groups excluding carboxylic acids is 1. The van der Waals surface area contributed by atoms with Crippen LogP contribution in [0.4, 0.5) is 5.69 Å². The Kier molecular flexibility index (Phi) is 7.01. The predicted molar refractivity (Wildman–Crippen MR) is 113 cm³/mol. The second kappa shape index (κ2) is 9.47. The van der Waals surface area contributed by atoms with E-state index in [9.17, 15) is 13.2 Å². The van der Waals surface area contributed by atoms with Crippen molar-refractivity contribution in [1.29, 1.82) is 0 Å². The Labute approximate surface area is 170 Å². The Balaban J connectivity index is 1.53. The molecule has 0 unspecified atom stereocenters. The van der Waals surface area contributed by atoms with Gasteiger partial charge in [-0.1, -0.05) is 30.3 Å². The summed E-state index contributed by atoms with van der Waals surface area (Å²) in [4.78, 5) is 16.6. The first kappa shape index (κ1) is 20.7. The molecule has 1 aromatic carbocycles. The summed E-state index contributed by atoms with van der Waals surface area (Å²) in [6.07, 6.45) is 3.09. The van der Waals surface area contributed by atoms with Gasteiger partial charge in [0.25, 0.3) is 0 Å². The van der Waals surface area contributed by atoms with Gasteiger partial charge in [0.2, 0.25) is 15.9 Å². The second-order valence-electron chi connectivity index (χ2n) is 6.73. The summed E-state index contributed by atoms with van der Waals surface area (Å²) in [7, 11) is -3.45. The zero-order chi connectivity index (χ0) is 20.0. The molecule has 1 N–H and O–H groups in total. The van der Waals surface area contributed by atoms with Crippen LogP contribution in [0.2, 0.25) is 0 Å². The lowest BCUT2D eigenvalue weighted by atomic mass is 10.1. The molecule has 0 aliphatic carbocycles. The van der Waals surface area contributed by atoms with Crippen LogP contribution in [-0.4, -0.2) is 51.4 Å². The van der Waals surface area contributed by atoms with Crippen molar-refractivity contribution in [3.8, 4) is 0 Å². The summed E-state index contributed by atoms with van der Waals surface area (Å²) >= 11 is 1.21. The normalized spacial score (nSPS) is 16.0. The number of hydrogen-bond acceptors (Lipinski definition) is 5. The average Bonchev–Trinajstić information content (AvgIpc) is 3.24. The number of benzene rings is 1. The minimum atomic E-state index is -3.45. The van der Waals surface area contributed by atoms with E-state index in [4.69, 9.17) is 0 Å². The number of amides is 1. The number of nitrogens with one attached hydrogen (secondary N) is 1. The maximum absolute atomic E-state index is 12.8. The van der Waals surface area contributed by atoms with Crippen LogP contribution in [0.15, 0.2) is 64.7 Å². The fourth-order valence-electron chi connectivity index (χ4n) is 3.27. The van der Waals surface area contributed by atoms with Crippen molar-refractivity contribution >= 4 is 33.0 Å². The molecule has 2 aromatic rings. The third-order valence-electron chi connectivity index (χ3n) is 4.71. The lowest BCUT2D eigenvalue weighted by molar-refractivity contribution is -0.119. The highest BCUT2D eigenvalue weighted by Gasteiger charge is 2.27. The van der Waals surface area contributed by atoms with Gasteiger partial charge < -0.3 is 4.90 Å². The minimum absolute atomic E-state index is 0.0173. The van der Waals surface area contributed by atoms with E-state index >= 15 is 0 Å². The van der Waals surface area contributed by atoms with Crippen LogP contribution in [0.5, 0.6) is 0 Å². The van der Waals surface area contributed by atoms with E-state index in [0.717, 1.165) is 5.69 Å². The predicted octanol–water partition coefficient (Wildman–Crippen LogP) is 2.71. The monoisotopic (exact) mass is 419 g/mol. The highest BCUT2D eigenvalue weighted by atomic mass is 32.2. The number of para-hydroxylation sites is 1. The molecule has 0 radical (unpaired) electrons. The molecule has 3 rings (SSSR count). The molecule has 28 heavy (non-hydrogen) atoms. The largest absolute Gasteiger partial charge is 0.308 e. The van der Waals surface area contributed by atoms with Crippen molar-refractivity contribution in [3.63, 3.8) is 0 Å². The van der Waals surface area contributed by atoms with Gasteiger partial charge >= 0.3 is 0 Å². The van der Waals surface area contributed by atoms with Gasteiger partial charge in [0.15, 0.2) is 0 Å². The first-order valence-electron chi connectivity index (χ1n) is 9.24. The molecule has 2 heterocycles. The molecule has 1 fully saturated rings. The van der Waals surface area contributed by atoms with Crippen LogP contribution in [-0.2, 0) is 14.8 Å². The summed E-state index contributed by atoms with van der Waals surface area (Å²) in [6, 6.07) is 12.8. The van der Waals surface area contributed by atoms with Gasteiger partial charge in [0, 0.05) is 31.4 Å². The SMILES string of the molecule is C=CCN(C(=O)CN1CCC(NS(=O)(=O)c2cccs2)CC1)c1ccccc1. The molecule has 0 saturated carbocycles. The molecular weight excluding hydrogens is 394 g/mol. The quantitative estimate of drug-likeness (QED) is 0.668. The van der Waals surface area contributed by atoms with Gasteiger partial charge in [-0.3, -0.25) is 9.69 Å². The van der Waals surface area contributed by atoms with Gasteiger partial charge in [-0.2, -0.15) is 0 Å². The van der Waals surface area contributed by atoms with E-state index < -0.39 is 10.0 Å². The minimum Gasteiger partial charge on any atom is -0.308 e. The van der Waals surface area contributed by atoms with E-state index in [0.29, 0.717) is 43.2 Å². The molecule has 1 aliphatic rings. The van der Waals surface area contributed by atoms with Gasteiger partial charge in [0.05, 0.1) is 6.54 Å². The Morgan fingerprint density at radius 1 is 1.21 bits per heavy atom. The number of sulfonamides is 1. The first-order valence-corrected chi connectivity index (χ1v) is 11.6. The Bertz CT molecular complexity index is 875. The highest BCUT2D eigenvalue weighted by Crippen LogP contribution is 2.19. The second-order valence-corrected chi connectivity index (χ2v) is 9.62. The van der Waals surface area contributed by atoms with Gasteiger partial charge in [-0.25, -0.2) is 13.1 Å². The lowest BCUT2D eigenvalue weighted by Gasteiger charge is -2.33. The zero-order valence-corrected chi connectivity index (χ0v) is 17.3. The molecule has 0 atom stereocenters. The van der Waals surface area contributed by atoms with Crippen LogP contribution in [0, 0.1) is 0 Å². The maximum atomic E-state index is 12.8. The highest BCUT2D eigenvalue weighted by molar-refractivity contribution is 7.91. The number of thiophene rings is 1. The molecule has 8 heteroatoms. The molecule has 1 saturated heterocycles. The number of piperidine rings is 1. The van der Waals surface area contributed by atoms with E-state index in [1.165, 1.54) is 11.3 Å². The van der Waals surface area contributed by atoms with Crippen LogP contribution in [0.1, 0.15) is 12.8 Å². The maximum Gasteiger partial charge on any atom is 0.250 e. The summed E-state index contributed by atoms with van der Waals surface area (Å²) in [5, 5.41) is 1.75. The molecule has 1 amide bonds. The average molecular weight is 420 g/mol. The number of rotatable bonds is 8. The van der Waals surface area contributed by atoms with Crippen molar-refractivity contribution in [2.24, 2.45) is 0 Å². The third kappa shape index (κ3) is 5.29. The number of anilines is 1. The molecule has 6 nitrogen and oxygen atoms in total. The zero-order valence-electron chi connectivity index (χ0n) is 15.7. The van der Waals surface area contributed by atoms with Gasteiger partial charge in [-0.05, 0) is 36.4 Å². The summed E-state index contributed by atoms with van der Waals surface area (Å²) in [6.45, 7) is 5.88. The third-order valence-corrected chi connectivity index (χ3v) is 7.63. The van der Waals surface area contributed by atoms with Gasteiger partial charge in [-0.15, -0.1) is 17.9 Å². The van der Waals surface area contributed by atoms with Crippen molar-refractivity contribution in [2.75, 3.05) is 31.1 Å². The number of hydrogen-bond donors (Lipinski definition) is 1. The van der Waals surface area contributed by atoms with Crippen molar-refractivity contribution in [3.05, 3.63) is 60.5 Å². The molecular formula is C20H25N3O3S2. The smallest absolute Gasteiger partial charge is 0.250 e. The molecule has 1 aromatic heterocycles. The molecule has 0 bridgehead atoms. The fraction of sp³-hybridized carbons (Fsp3) is 0.350. The van der Waals surface area contributed by atoms with E-state index in [-0.39, 0.29) is 11.9 Å². The van der Waals surface area contributed by atoms with Crippen LogP contribution >= 0.6 is 11.3 Å². The summed E-state index contributed by atoms with van der Waals surface area (Å²) in [5.41, 5.74) is 0.853. The standard InChI is InChI=1S/C20H25N3O3S2/c1-2-12-23(18-7-4-3-5-8-18)19(24)16-22-13-10-17(11-14-22)21-28(25,26)20-9-6-15-27-20/h2-9,15,17,21H,1,10-14,16H2. The first-order chi connectivity index (χ1) is 13.5. The molecule has 1 aliphatic heterocycles. The molecule has 150 valence electrons. The Morgan fingerprint density at radius 2 is 1.93 bits per heavy atom. The van der Waals surface area contributed by atoms with Crippen molar-refractivity contribution in [2.45, 2.75) is 23.1 Å². The topological polar surface area (TPSA) is 69.7 Å². The number of nitrogens with zero attached hydrogens (tertiary/aromatic N) is 2. The molecule has 0 spiro atoms. The Morgan fingerprint density at radius 3 is 2.54 bits per heavy atom. The number of likely N-dealkylation sites (tertiary alicyclic amines) is 1. The van der Waals surface area contributed by atoms with Crippen molar-refractivity contribution in [1.82, 2.24) is 9.62 Å². The number of carbonyl (C=O) groups is 1. The van der Waals surface area contributed by atoms with Crippen molar-refractivity contribution < 1.29 is 13.2 Å². The van der Waals surface area contributed by atoms with Crippen LogP contribution in [0.3, 0.4) is 0 Å². The summed E-state index contributed by atoms with van der Waals surface area (Å²) < 4.78 is 27.8. The Hall–Kier alpha value is -2.00. The van der Waals surface area contributed by atoms with Crippen LogP contribution in [0.25, 0.3) is 0 Å². The fourth-order valence-corrected chi connectivity index (χ4v) is 5.58.